The molecule has 2 fully saturated rings. The van der Waals surface area contributed by atoms with Crippen molar-refractivity contribution in [1.82, 2.24) is 5.16 Å². The lowest BCUT2D eigenvalue weighted by Crippen LogP contribution is -2.27. The third kappa shape index (κ3) is 4.04. The highest BCUT2D eigenvalue weighted by Crippen LogP contribution is 2.46. The summed E-state index contributed by atoms with van der Waals surface area (Å²) in [5.74, 6) is -4.39. The van der Waals surface area contributed by atoms with Crippen LogP contribution >= 0.6 is 0 Å². The predicted octanol–water partition coefficient (Wildman–Crippen LogP) is 4.84. The zero-order valence-electron chi connectivity index (χ0n) is 16.2. The Balaban J connectivity index is 1.63. The number of alkyl halides is 2. The lowest BCUT2D eigenvalue weighted by atomic mass is 9.82. The van der Waals surface area contributed by atoms with Gasteiger partial charge in [0.05, 0.1) is 34.9 Å². The molecule has 2 aliphatic rings. The van der Waals surface area contributed by atoms with Gasteiger partial charge in [-0.3, -0.25) is 10.1 Å². The lowest BCUT2D eigenvalue weighted by Gasteiger charge is -2.23. The van der Waals surface area contributed by atoms with Crippen LogP contribution in [-0.4, -0.2) is 17.0 Å². The Bertz CT molecular complexity index is 1010. The molecular formula is C22H20F2N4O2. The average Bonchev–Trinajstić information content (AvgIpc) is 3.26. The second kappa shape index (κ2) is 7.87. The molecule has 1 aromatic heterocycles. The number of carbonyl (C=O) groups is 1. The fourth-order valence-corrected chi connectivity index (χ4v) is 4.31. The van der Waals surface area contributed by atoms with Crippen LogP contribution in [0.5, 0.6) is 0 Å². The van der Waals surface area contributed by atoms with Gasteiger partial charge < -0.3 is 4.52 Å². The van der Waals surface area contributed by atoms with Crippen molar-refractivity contribution in [3.8, 4) is 12.1 Å². The minimum Gasteiger partial charge on any atom is -0.338 e. The van der Waals surface area contributed by atoms with E-state index in [1.54, 1.807) is 6.07 Å². The molecule has 2 aromatic rings. The Labute approximate surface area is 172 Å². The summed E-state index contributed by atoms with van der Waals surface area (Å²) in [6.45, 7) is 0. The number of nitrogens with one attached hydrogen (secondary N) is 1. The molecule has 0 aliphatic heterocycles. The van der Waals surface area contributed by atoms with Gasteiger partial charge in [-0.05, 0) is 48.9 Å². The van der Waals surface area contributed by atoms with Gasteiger partial charge in [0, 0.05) is 24.8 Å². The first-order chi connectivity index (χ1) is 14.4. The molecule has 2 aliphatic carbocycles. The number of benzene rings is 1. The fraction of sp³-hybridized carbons (Fsp3) is 0.455. The molecular weight excluding hydrogens is 390 g/mol. The molecule has 0 spiro atoms. The van der Waals surface area contributed by atoms with E-state index in [4.69, 9.17) is 4.52 Å². The Morgan fingerprint density at radius 2 is 1.87 bits per heavy atom. The minimum absolute atomic E-state index is 0.174. The molecule has 1 amide bonds. The van der Waals surface area contributed by atoms with E-state index in [0.29, 0.717) is 11.5 Å². The van der Waals surface area contributed by atoms with Crippen molar-refractivity contribution in [2.24, 2.45) is 5.92 Å². The first-order valence-corrected chi connectivity index (χ1v) is 9.99. The normalized spacial score (nSPS) is 21.3. The molecule has 2 saturated carbocycles. The Hall–Kier alpha value is -3.26. The highest BCUT2D eigenvalue weighted by Gasteiger charge is 2.45. The first-order valence-electron chi connectivity index (χ1n) is 9.99. The third-order valence-corrected chi connectivity index (χ3v) is 6.07. The van der Waals surface area contributed by atoms with Crippen LogP contribution in [-0.2, 0) is 4.79 Å². The number of nitrogens with zero attached hydrogens (tertiary/aromatic N) is 3. The van der Waals surface area contributed by atoms with Crippen LogP contribution in [0.25, 0.3) is 0 Å². The third-order valence-electron chi connectivity index (χ3n) is 6.07. The SMILES string of the molecule is N#Cc1cc(C#N)cc([C@H](C(=O)Nc2cc(C3CCC3)no2)[C@@H]2CCC(F)(F)C2)c1. The number of nitriles is 2. The summed E-state index contributed by atoms with van der Waals surface area (Å²) >= 11 is 0. The summed E-state index contributed by atoms with van der Waals surface area (Å²) in [6, 6.07) is 9.98. The van der Waals surface area contributed by atoms with Gasteiger partial charge in [-0.15, -0.1) is 0 Å². The second-order valence-electron chi connectivity index (χ2n) is 8.14. The van der Waals surface area contributed by atoms with Gasteiger partial charge in [0.25, 0.3) is 0 Å². The van der Waals surface area contributed by atoms with Gasteiger partial charge in [0.2, 0.25) is 17.7 Å². The number of rotatable bonds is 5. The average molecular weight is 410 g/mol. The molecule has 0 radical (unpaired) electrons. The molecule has 0 bridgehead atoms. The Morgan fingerprint density at radius 1 is 1.17 bits per heavy atom. The number of anilines is 1. The molecule has 1 N–H and O–H groups in total. The molecule has 1 heterocycles. The van der Waals surface area contributed by atoms with Crippen LogP contribution in [0.3, 0.4) is 0 Å². The van der Waals surface area contributed by atoms with E-state index in [2.05, 4.69) is 10.5 Å². The molecule has 4 rings (SSSR count). The summed E-state index contributed by atoms with van der Waals surface area (Å²) < 4.78 is 33.1. The maximum Gasteiger partial charge on any atom is 0.248 e. The highest BCUT2D eigenvalue weighted by atomic mass is 19.3. The van der Waals surface area contributed by atoms with Crippen LogP contribution in [0.15, 0.2) is 28.8 Å². The molecule has 0 unspecified atom stereocenters. The van der Waals surface area contributed by atoms with Crippen molar-refractivity contribution in [1.29, 1.82) is 10.5 Å². The second-order valence-corrected chi connectivity index (χ2v) is 8.14. The molecule has 2 atom stereocenters. The zero-order valence-corrected chi connectivity index (χ0v) is 16.2. The first kappa shape index (κ1) is 20.0. The van der Waals surface area contributed by atoms with Crippen molar-refractivity contribution in [2.75, 3.05) is 5.32 Å². The summed E-state index contributed by atoms with van der Waals surface area (Å²) in [5.41, 5.74) is 1.57. The predicted molar refractivity (Wildman–Crippen MR) is 103 cm³/mol. The molecule has 8 heteroatoms. The topological polar surface area (TPSA) is 103 Å². The summed E-state index contributed by atoms with van der Waals surface area (Å²) in [4.78, 5) is 13.2. The number of hydrogen-bond donors (Lipinski definition) is 1. The van der Waals surface area contributed by atoms with Crippen molar-refractivity contribution < 1.29 is 18.1 Å². The van der Waals surface area contributed by atoms with Crippen LogP contribution < -0.4 is 5.32 Å². The molecule has 1 aromatic carbocycles. The monoisotopic (exact) mass is 410 g/mol. The molecule has 6 nitrogen and oxygen atoms in total. The maximum atomic E-state index is 13.9. The van der Waals surface area contributed by atoms with Gasteiger partial charge in [0.15, 0.2) is 0 Å². The summed E-state index contributed by atoms with van der Waals surface area (Å²) in [6.07, 6.45) is 2.64. The number of aromatic nitrogens is 1. The number of hydrogen-bond acceptors (Lipinski definition) is 5. The number of carbonyl (C=O) groups excluding carboxylic acids is 1. The quantitative estimate of drug-likeness (QED) is 0.759. The lowest BCUT2D eigenvalue weighted by molar-refractivity contribution is -0.119. The zero-order chi connectivity index (χ0) is 21.3. The fourth-order valence-electron chi connectivity index (χ4n) is 4.31. The van der Waals surface area contributed by atoms with Crippen LogP contribution in [0.2, 0.25) is 0 Å². The number of halogens is 2. The Kier molecular flexibility index (Phi) is 5.26. The van der Waals surface area contributed by atoms with Crippen molar-refractivity contribution in [3.63, 3.8) is 0 Å². The molecule has 154 valence electrons. The summed E-state index contributed by atoms with van der Waals surface area (Å²) in [7, 11) is 0. The van der Waals surface area contributed by atoms with Gasteiger partial charge in [-0.2, -0.15) is 10.5 Å². The van der Waals surface area contributed by atoms with E-state index in [9.17, 15) is 24.1 Å². The van der Waals surface area contributed by atoms with E-state index in [0.717, 1.165) is 25.0 Å². The van der Waals surface area contributed by atoms with Crippen LogP contribution in [0.4, 0.5) is 14.7 Å². The van der Waals surface area contributed by atoms with Gasteiger partial charge >= 0.3 is 0 Å². The largest absolute Gasteiger partial charge is 0.338 e. The minimum atomic E-state index is -2.84. The number of amides is 1. The van der Waals surface area contributed by atoms with Gasteiger partial charge in [0.1, 0.15) is 0 Å². The van der Waals surface area contributed by atoms with Crippen molar-refractivity contribution in [3.05, 3.63) is 46.6 Å². The van der Waals surface area contributed by atoms with Crippen molar-refractivity contribution in [2.45, 2.75) is 56.3 Å². The van der Waals surface area contributed by atoms with E-state index >= 15 is 0 Å². The Morgan fingerprint density at radius 3 is 2.40 bits per heavy atom. The highest BCUT2D eigenvalue weighted by molar-refractivity contribution is 5.95. The molecule has 30 heavy (non-hydrogen) atoms. The van der Waals surface area contributed by atoms with Crippen LogP contribution in [0, 0.1) is 28.6 Å². The molecule has 0 saturated heterocycles. The van der Waals surface area contributed by atoms with E-state index < -0.39 is 30.1 Å². The van der Waals surface area contributed by atoms with E-state index in [1.807, 2.05) is 12.1 Å². The maximum absolute atomic E-state index is 13.9. The van der Waals surface area contributed by atoms with Gasteiger partial charge in [-0.1, -0.05) is 11.6 Å². The van der Waals surface area contributed by atoms with Crippen molar-refractivity contribution >= 4 is 11.8 Å². The summed E-state index contributed by atoms with van der Waals surface area (Å²) in [5, 5.41) is 25.2. The van der Waals surface area contributed by atoms with E-state index in [1.165, 1.54) is 18.2 Å². The standard InChI is InChI=1S/C22H20F2N4O2/c23-22(24)5-4-16(10-22)20(17-7-13(11-25)6-14(8-17)12-26)21(29)27-19-9-18(28-30-19)15-2-1-3-15/h6-9,15-16,20H,1-5,10H2,(H,27,29)/t16-,20-/m1/s1. The van der Waals surface area contributed by atoms with Crippen LogP contribution in [0.1, 0.15) is 72.7 Å². The van der Waals surface area contributed by atoms with Gasteiger partial charge in [-0.25, -0.2) is 8.78 Å². The smallest absolute Gasteiger partial charge is 0.248 e. The van der Waals surface area contributed by atoms with E-state index in [-0.39, 0.29) is 29.9 Å².